The highest BCUT2D eigenvalue weighted by Crippen LogP contribution is 2.39. The molecule has 1 rings (SSSR count). The summed E-state index contributed by atoms with van der Waals surface area (Å²) >= 11 is 0. The van der Waals surface area contributed by atoms with Gasteiger partial charge in [0.1, 0.15) is 0 Å². The fourth-order valence-electron chi connectivity index (χ4n) is 2.24. The van der Waals surface area contributed by atoms with Gasteiger partial charge in [-0.1, -0.05) is 0 Å². The third-order valence-corrected chi connectivity index (χ3v) is 3.50. The summed E-state index contributed by atoms with van der Waals surface area (Å²) in [5, 5.41) is 11.6. The molecule has 0 heterocycles. The first-order valence-corrected chi connectivity index (χ1v) is 6.36. The van der Waals surface area contributed by atoms with Gasteiger partial charge in [-0.15, -0.1) is 0 Å². The first kappa shape index (κ1) is 16.7. The molecule has 1 amide bonds. The predicted molar refractivity (Wildman–Crippen MR) is 62.5 cm³/mol. The lowest BCUT2D eigenvalue weighted by Gasteiger charge is -2.29. The number of nitrogens with one attached hydrogen (secondary N) is 1. The van der Waals surface area contributed by atoms with Gasteiger partial charge < -0.3 is 15.2 Å². The van der Waals surface area contributed by atoms with Crippen LogP contribution in [0, 0.1) is 11.8 Å². The van der Waals surface area contributed by atoms with Gasteiger partial charge in [0.25, 0.3) is 0 Å². The van der Waals surface area contributed by atoms with Crippen molar-refractivity contribution >= 4 is 11.9 Å². The Hall–Kier alpha value is -1.31. The maximum Gasteiger partial charge on any atom is 0.391 e. The predicted octanol–water partition coefficient (Wildman–Crippen LogP) is 1.01. The molecule has 1 atom stereocenters. The minimum Gasteiger partial charge on any atom is -0.467 e. The third-order valence-electron chi connectivity index (χ3n) is 3.50. The van der Waals surface area contributed by atoms with Crippen LogP contribution in [0.25, 0.3) is 0 Å². The maximum atomic E-state index is 12.5. The molecule has 1 saturated carbocycles. The highest BCUT2D eigenvalue weighted by molar-refractivity contribution is 5.80. The summed E-state index contributed by atoms with van der Waals surface area (Å²) in [7, 11) is 1.10. The van der Waals surface area contributed by atoms with Gasteiger partial charge in [-0.05, 0) is 25.7 Å². The molecule has 0 bridgehead atoms. The Morgan fingerprint density at radius 2 is 1.85 bits per heavy atom. The molecule has 1 aliphatic rings. The number of hydrogen-bond donors (Lipinski definition) is 2. The van der Waals surface area contributed by atoms with Crippen LogP contribution >= 0.6 is 0 Å². The van der Waals surface area contributed by atoms with Crippen LogP contribution in [0.1, 0.15) is 25.7 Å². The van der Waals surface area contributed by atoms with E-state index in [9.17, 15) is 27.9 Å². The first-order chi connectivity index (χ1) is 9.25. The van der Waals surface area contributed by atoms with Gasteiger partial charge in [-0.25, -0.2) is 4.79 Å². The van der Waals surface area contributed by atoms with Crippen LogP contribution in [0.4, 0.5) is 13.2 Å². The molecule has 0 radical (unpaired) electrons. The summed E-state index contributed by atoms with van der Waals surface area (Å²) in [4.78, 5) is 22.6. The number of esters is 1. The zero-order chi connectivity index (χ0) is 15.3. The minimum absolute atomic E-state index is 0.0683. The molecule has 116 valence electrons. The second-order valence-electron chi connectivity index (χ2n) is 4.87. The van der Waals surface area contributed by atoms with Crippen molar-refractivity contribution in [1.29, 1.82) is 0 Å². The molecule has 1 fully saturated rings. The number of methoxy groups -OCH3 is 1. The van der Waals surface area contributed by atoms with E-state index in [2.05, 4.69) is 10.1 Å². The van der Waals surface area contributed by atoms with Gasteiger partial charge in [0.05, 0.1) is 19.6 Å². The quantitative estimate of drug-likeness (QED) is 0.759. The van der Waals surface area contributed by atoms with Crippen LogP contribution in [-0.2, 0) is 14.3 Å². The third kappa shape index (κ3) is 4.66. The Balaban J connectivity index is 2.35. The number of aliphatic hydroxyl groups is 1. The Bertz CT molecular complexity index is 351. The average Bonchev–Trinajstić information content (AvgIpc) is 2.42. The molecule has 0 aromatic heterocycles. The molecule has 5 nitrogen and oxygen atoms in total. The van der Waals surface area contributed by atoms with E-state index in [1.165, 1.54) is 0 Å². The molecule has 1 aliphatic carbocycles. The van der Waals surface area contributed by atoms with Gasteiger partial charge in [-0.2, -0.15) is 13.2 Å². The van der Waals surface area contributed by atoms with Crippen LogP contribution in [0.3, 0.4) is 0 Å². The molecule has 20 heavy (non-hydrogen) atoms. The second-order valence-corrected chi connectivity index (χ2v) is 4.87. The average molecular weight is 297 g/mol. The fraction of sp³-hybridized carbons (Fsp3) is 0.833. The smallest absolute Gasteiger partial charge is 0.391 e. The second kappa shape index (κ2) is 6.92. The van der Waals surface area contributed by atoms with Crippen molar-refractivity contribution in [3.63, 3.8) is 0 Å². The zero-order valence-corrected chi connectivity index (χ0v) is 11.1. The van der Waals surface area contributed by atoms with E-state index in [0.29, 0.717) is 0 Å². The lowest BCUT2D eigenvalue weighted by atomic mass is 9.81. The number of hydrogen-bond acceptors (Lipinski definition) is 4. The van der Waals surface area contributed by atoms with Crippen molar-refractivity contribution in [1.82, 2.24) is 5.32 Å². The van der Waals surface area contributed by atoms with E-state index < -0.39 is 36.0 Å². The molecular formula is C12H18F3NO4. The summed E-state index contributed by atoms with van der Waals surface area (Å²) < 4.78 is 41.7. The molecule has 8 heteroatoms. The summed E-state index contributed by atoms with van der Waals surface area (Å²) in [6.45, 7) is -0.301. The standard InChI is InChI=1S/C12H18F3NO4/c1-20-11(19)9(17)6-16-10(18)7-2-4-8(5-3-7)12(13,14)15/h7-9,17H,2-6H2,1H3,(H,16,18). The number of amides is 1. The normalized spacial score (nSPS) is 24.9. The van der Waals surface area contributed by atoms with E-state index in [1.807, 2.05) is 0 Å². The molecule has 0 aromatic rings. The molecule has 0 saturated heterocycles. The number of halogens is 3. The number of aliphatic hydroxyl groups excluding tert-OH is 1. The van der Waals surface area contributed by atoms with E-state index in [0.717, 1.165) is 7.11 Å². The molecule has 0 spiro atoms. The maximum absolute atomic E-state index is 12.5. The number of carbonyl (C=O) groups is 2. The lowest BCUT2D eigenvalue weighted by molar-refractivity contribution is -0.184. The van der Waals surface area contributed by atoms with Gasteiger partial charge >= 0.3 is 12.1 Å². The summed E-state index contributed by atoms with van der Waals surface area (Å²) in [6.07, 6.45) is -5.49. The minimum atomic E-state index is -4.21. The van der Waals surface area contributed by atoms with Crippen LogP contribution < -0.4 is 5.32 Å². The Labute approximate surface area is 114 Å². The van der Waals surface area contributed by atoms with Crippen LogP contribution in [0.5, 0.6) is 0 Å². The highest BCUT2D eigenvalue weighted by Gasteiger charge is 2.42. The highest BCUT2D eigenvalue weighted by atomic mass is 19.4. The Kier molecular flexibility index (Phi) is 5.79. The van der Waals surface area contributed by atoms with Crippen LogP contribution in [-0.4, -0.2) is 42.9 Å². The van der Waals surface area contributed by atoms with Gasteiger partial charge in [0, 0.05) is 5.92 Å². The molecule has 0 aliphatic heterocycles. The number of ether oxygens (including phenoxy) is 1. The van der Waals surface area contributed by atoms with Crippen molar-refractivity contribution in [2.75, 3.05) is 13.7 Å². The van der Waals surface area contributed by atoms with Crippen LogP contribution in [0.2, 0.25) is 0 Å². The number of carbonyl (C=O) groups excluding carboxylic acids is 2. The SMILES string of the molecule is COC(=O)C(O)CNC(=O)C1CCC(C(F)(F)F)CC1. The monoisotopic (exact) mass is 297 g/mol. The van der Waals surface area contributed by atoms with Gasteiger partial charge in [0.15, 0.2) is 6.10 Å². The number of alkyl halides is 3. The Morgan fingerprint density at radius 3 is 2.30 bits per heavy atom. The van der Waals surface area contributed by atoms with Gasteiger partial charge in [0.2, 0.25) is 5.91 Å². The van der Waals surface area contributed by atoms with Crippen molar-refractivity contribution < 1.29 is 32.6 Å². The summed E-state index contributed by atoms with van der Waals surface area (Å²) in [6, 6.07) is 0. The number of rotatable bonds is 4. The molecule has 2 N–H and O–H groups in total. The summed E-state index contributed by atoms with van der Waals surface area (Å²) in [5.74, 6) is -3.15. The Morgan fingerprint density at radius 1 is 1.30 bits per heavy atom. The topological polar surface area (TPSA) is 75.6 Å². The zero-order valence-electron chi connectivity index (χ0n) is 11.1. The molecule has 0 aromatic carbocycles. The van der Waals surface area contributed by atoms with E-state index in [4.69, 9.17) is 0 Å². The van der Waals surface area contributed by atoms with Crippen molar-refractivity contribution in [2.45, 2.75) is 38.0 Å². The summed E-state index contributed by atoms with van der Waals surface area (Å²) in [5.41, 5.74) is 0. The van der Waals surface area contributed by atoms with E-state index in [1.54, 1.807) is 0 Å². The van der Waals surface area contributed by atoms with E-state index in [-0.39, 0.29) is 32.2 Å². The first-order valence-electron chi connectivity index (χ1n) is 6.36. The van der Waals surface area contributed by atoms with Crippen molar-refractivity contribution in [3.8, 4) is 0 Å². The largest absolute Gasteiger partial charge is 0.467 e. The van der Waals surface area contributed by atoms with Crippen LogP contribution in [0.15, 0.2) is 0 Å². The van der Waals surface area contributed by atoms with Crippen molar-refractivity contribution in [2.24, 2.45) is 11.8 Å². The van der Waals surface area contributed by atoms with Gasteiger partial charge in [-0.3, -0.25) is 4.79 Å². The molecular weight excluding hydrogens is 279 g/mol. The molecule has 1 unspecified atom stereocenters. The lowest BCUT2D eigenvalue weighted by Crippen LogP contribution is -2.41. The van der Waals surface area contributed by atoms with E-state index >= 15 is 0 Å². The van der Waals surface area contributed by atoms with Crippen molar-refractivity contribution in [3.05, 3.63) is 0 Å². The fourth-order valence-corrected chi connectivity index (χ4v) is 2.24.